The third-order valence-electron chi connectivity index (χ3n) is 4.37. The molecule has 1 aromatic carbocycles. The van der Waals surface area contributed by atoms with Gasteiger partial charge in [0.25, 0.3) is 0 Å². The maximum atomic E-state index is 12.5. The first-order chi connectivity index (χ1) is 10.6. The van der Waals surface area contributed by atoms with Crippen molar-refractivity contribution in [2.75, 3.05) is 13.7 Å². The van der Waals surface area contributed by atoms with E-state index in [4.69, 9.17) is 4.74 Å². The number of carbonyl (C=O) groups is 2. The molecule has 0 spiro atoms. The van der Waals surface area contributed by atoms with Crippen LogP contribution in [0.4, 0.5) is 0 Å². The van der Waals surface area contributed by atoms with Gasteiger partial charge < -0.3 is 20.1 Å². The summed E-state index contributed by atoms with van der Waals surface area (Å²) in [5.74, 6) is 0.525. The number of fused-ring (bicyclic) bond motifs is 1. The third kappa shape index (κ3) is 2.78. The Balaban J connectivity index is 1.72. The molecule has 6 nitrogen and oxygen atoms in total. The number of nitrogens with one attached hydrogen (secondary N) is 1. The van der Waals surface area contributed by atoms with E-state index in [1.165, 1.54) is 0 Å². The van der Waals surface area contributed by atoms with Gasteiger partial charge in [0.05, 0.1) is 13.2 Å². The first-order valence-electron chi connectivity index (χ1n) is 7.50. The fourth-order valence-electron chi connectivity index (χ4n) is 3.12. The van der Waals surface area contributed by atoms with E-state index in [0.29, 0.717) is 25.8 Å². The number of aliphatic hydroxyl groups is 1. The monoisotopic (exact) mass is 304 g/mol. The van der Waals surface area contributed by atoms with Crippen molar-refractivity contribution in [1.82, 2.24) is 10.2 Å². The molecule has 3 atom stereocenters. The van der Waals surface area contributed by atoms with Crippen LogP contribution in [-0.2, 0) is 16.0 Å². The molecule has 2 heterocycles. The molecule has 118 valence electrons. The Hall–Kier alpha value is -2.08. The second-order valence-corrected chi connectivity index (χ2v) is 5.84. The second-order valence-electron chi connectivity index (χ2n) is 5.84. The molecule has 0 radical (unpaired) electrons. The SMILES string of the molecule is COc1ccc(C[C@@H]2NC(=O)[C@H]3C[C@@H](O)CCN3C2=O)cc1. The van der Waals surface area contributed by atoms with Crippen LogP contribution < -0.4 is 10.1 Å². The highest BCUT2D eigenvalue weighted by molar-refractivity contribution is 5.97. The number of hydrogen-bond acceptors (Lipinski definition) is 4. The summed E-state index contributed by atoms with van der Waals surface area (Å²) in [5.41, 5.74) is 0.968. The van der Waals surface area contributed by atoms with Gasteiger partial charge in [-0.2, -0.15) is 0 Å². The van der Waals surface area contributed by atoms with E-state index in [0.717, 1.165) is 11.3 Å². The highest BCUT2D eigenvalue weighted by Crippen LogP contribution is 2.23. The molecule has 3 rings (SSSR count). The molecule has 0 bridgehead atoms. The van der Waals surface area contributed by atoms with Gasteiger partial charge in [-0.3, -0.25) is 9.59 Å². The lowest BCUT2D eigenvalue weighted by atomic mass is 9.93. The first-order valence-corrected chi connectivity index (χ1v) is 7.50. The molecule has 2 aliphatic rings. The van der Waals surface area contributed by atoms with Crippen LogP contribution >= 0.6 is 0 Å². The number of aliphatic hydroxyl groups excluding tert-OH is 1. The van der Waals surface area contributed by atoms with Gasteiger partial charge >= 0.3 is 0 Å². The lowest BCUT2D eigenvalue weighted by Gasteiger charge is -2.43. The van der Waals surface area contributed by atoms with Gasteiger partial charge in [0.2, 0.25) is 11.8 Å². The standard InChI is InChI=1S/C16H20N2O4/c1-22-12-4-2-10(3-5-12)8-13-16(21)18-7-6-11(19)9-14(18)15(20)17-13/h2-5,11,13-14,19H,6-9H2,1H3,(H,17,20)/t11-,13-,14+/m0/s1. The quantitative estimate of drug-likeness (QED) is 0.829. The van der Waals surface area contributed by atoms with Crippen LogP contribution in [0.2, 0.25) is 0 Å². The Labute approximate surface area is 129 Å². The number of methoxy groups -OCH3 is 1. The summed E-state index contributed by atoms with van der Waals surface area (Å²) in [7, 11) is 1.60. The normalized spacial score (nSPS) is 28.1. The number of nitrogens with zero attached hydrogens (tertiary/aromatic N) is 1. The average Bonchev–Trinajstić information content (AvgIpc) is 2.53. The maximum Gasteiger partial charge on any atom is 0.246 e. The van der Waals surface area contributed by atoms with E-state index in [9.17, 15) is 14.7 Å². The minimum atomic E-state index is -0.535. The van der Waals surface area contributed by atoms with E-state index in [2.05, 4.69) is 5.32 Å². The van der Waals surface area contributed by atoms with Gasteiger partial charge in [-0.1, -0.05) is 12.1 Å². The number of hydrogen-bond donors (Lipinski definition) is 2. The minimum Gasteiger partial charge on any atom is -0.497 e. The van der Waals surface area contributed by atoms with Crippen molar-refractivity contribution < 1.29 is 19.4 Å². The topological polar surface area (TPSA) is 78.9 Å². The lowest BCUT2D eigenvalue weighted by Crippen LogP contribution is -2.66. The number of piperazine rings is 1. The van der Waals surface area contributed by atoms with Crippen molar-refractivity contribution in [3.05, 3.63) is 29.8 Å². The zero-order valence-corrected chi connectivity index (χ0v) is 12.5. The molecule has 0 aromatic heterocycles. The molecule has 22 heavy (non-hydrogen) atoms. The number of amides is 2. The predicted octanol–water partition coefficient (Wildman–Crippen LogP) is 0.0880. The van der Waals surface area contributed by atoms with Crippen molar-refractivity contribution in [3.63, 3.8) is 0 Å². The molecule has 0 aliphatic carbocycles. The largest absolute Gasteiger partial charge is 0.497 e. The van der Waals surface area contributed by atoms with E-state index in [1.54, 1.807) is 12.0 Å². The van der Waals surface area contributed by atoms with Gasteiger partial charge in [0.1, 0.15) is 17.8 Å². The van der Waals surface area contributed by atoms with Crippen LogP contribution in [0, 0.1) is 0 Å². The van der Waals surface area contributed by atoms with Gasteiger partial charge in [0.15, 0.2) is 0 Å². The molecule has 2 saturated heterocycles. The van der Waals surface area contributed by atoms with Crippen molar-refractivity contribution in [1.29, 1.82) is 0 Å². The summed E-state index contributed by atoms with van der Waals surface area (Å²) in [6.07, 6.45) is 0.815. The van der Waals surface area contributed by atoms with Crippen LogP contribution in [0.15, 0.2) is 24.3 Å². The summed E-state index contributed by atoms with van der Waals surface area (Å²) in [4.78, 5) is 26.3. The van der Waals surface area contributed by atoms with E-state index >= 15 is 0 Å². The molecule has 0 saturated carbocycles. The van der Waals surface area contributed by atoms with E-state index in [1.807, 2.05) is 24.3 Å². The number of piperidine rings is 1. The molecular weight excluding hydrogens is 284 g/mol. The Morgan fingerprint density at radius 3 is 2.73 bits per heavy atom. The zero-order valence-electron chi connectivity index (χ0n) is 12.5. The first kappa shape index (κ1) is 14.8. The summed E-state index contributed by atoms with van der Waals surface area (Å²) in [6, 6.07) is 6.40. The summed E-state index contributed by atoms with van der Waals surface area (Å²) < 4.78 is 5.11. The molecule has 6 heteroatoms. The lowest BCUT2D eigenvalue weighted by molar-refractivity contribution is -0.153. The van der Waals surface area contributed by atoms with Crippen LogP contribution in [0.3, 0.4) is 0 Å². The van der Waals surface area contributed by atoms with Crippen molar-refractivity contribution in [2.24, 2.45) is 0 Å². The highest BCUT2D eigenvalue weighted by Gasteiger charge is 2.43. The minimum absolute atomic E-state index is 0.0627. The molecule has 2 N–H and O–H groups in total. The van der Waals surface area contributed by atoms with Crippen LogP contribution in [0.25, 0.3) is 0 Å². The fraction of sp³-hybridized carbons (Fsp3) is 0.500. The van der Waals surface area contributed by atoms with Crippen LogP contribution in [0.5, 0.6) is 5.75 Å². The summed E-state index contributed by atoms with van der Waals surface area (Å²) in [6.45, 7) is 0.442. The highest BCUT2D eigenvalue weighted by atomic mass is 16.5. The average molecular weight is 304 g/mol. The van der Waals surface area contributed by atoms with E-state index < -0.39 is 18.2 Å². The summed E-state index contributed by atoms with van der Waals surface area (Å²) >= 11 is 0. The van der Waals surface area contributed by atoms with Crippen molar-refractivity contribution in [3.8, 4) is 5.75 Å². The van der Waals surface area contributed by atoms with Crippen LogP contribution in [-0.4, -0.2) is 53.7 Å². The van der Waals surface area contributed by atoms with Gasteiger partial charge in [-0.05, 0) is 24.1 Å². The van der Waals surface area contributed by atoms with Gasteiger partial charge in [-0.15, -0.1) is 0 Å². The Bertz CT molecular complexity index is 572. The molecule has 2 fully saturated rings. The second kappa shape index (κ2) is 5.96. The number of carbonyl (C=O) groups excluding carboxylic acids is 2. The van der Waals surface area contributed by atoms with Gasteiger partial charge in [0, 0.05) is 19.4 Å². The molecular formula is C16H20N2O4. The number of rotatable bonds is 3. The smallest absolute Gasteiger partial charge is 0.246 e. The fourth-order valence-corrected chi connectivity index (χ4v) is 3.12. The Morgan fingerprint density at radius 2 is 2.05 bits per heavy atom. The molecule has 2 aliphatic heterocycles. The molecule has 0 unspecified atom stereocenters. The summed E-state index contributed by atoms with van der Waals surface area (Å²) in [5, 5.41) is 12.5. The van der Waals surface area contributed by atoms with E-state index in [-0.39, 0.29) is 11.8 Å². The molecule has 1 aromatic rings. The Morgan fingerprint density at radius 1 is 1.32 bits per heavy atom. The predicted molar refractivity (Wildman–Crippen MR) is 79.4 cm³/mol. The number of ether oxygens (including phenoxy) is 1. The zero-order chi connectivity index (χ0) is 15.7. The third-order valence-corrected chi connectivity index (χ3v) is 4.37. The molecule has 2 amide bonds. The Kier molecular flexibility index (Phi) is 4.02. The number of benzene rings is 1. The van der Waals surface area contributed by atoms with Gasteiger partial charge in [-0.25, -0.2) is 0 Å². The maximum absolute atomic E-state index is 12.5. The van der Waals surface area contributed by atoms with Crippen molar-refractivity contribution >= 4 is 11.8 Å². The van der Waals surface area contributed by atoms with Crippen molar-refractivity contribution in [2.45, 2.75) is 37.5 Å². The van der Waals surface area contributed by atoms with Crippen LogP contribution in [0.1, 0.15) is 18.4 Å².